The lowest BCUT2D eigenvalue weighted by molar-refractivity contribution is 0.437. The predicted molar refractivity (Wildman–Crippen MR) is 59.3 cm³/mol. The Labute approximate surface area is 93.2 Å². The fourth-order valence-corrected chi connectivity index (χ4v) is 1.27. The zero-order valence-electron chi connectivity index (χ0n) is 8.42. The second-order valence-corrected chi connectivity index (χ2v) is 3.08. The van der Waals surface area contributed by atoms with Crippen LogP contribution in [0.5, 0.6) is 17.2 Å². The van der Waals surface area contributed by atoms with E-state index in [-0.39, 0.29) is 0 Å². The van der Waals surface area contributed by atoms with Gasteiger partial charge in [-0.1, -0.05) is 24.3 Å². The third-order valence-corrected chi connectivity index (χ3v) is 1.94. The molecule has 0 fully saturated rings. The first kappa shape index (κ1) is 10.2. The summed E-state index contributed by atoms with van der Waals surface area (Å²) in [6.07, 6.45) is 0. The number of benzene rings is 2. The molecule has 0 aromatic heterocycles. The van der Waals surface area contributed by atoms with Gasteiger partial charge in [-0.3, -0.25) is 0 Å². The molecule has 2 rings (SSSR count). The maximum atomic E-state index is 10.1. The minimum Gasteiger partial charge on any atom is -0.457 e. The minimum atomic E-state index is 0.406. The first-order valence-electron chi connectivity index (χ1n) is 4.75. The molecule has 0 bridgehead atoms. The topological polar surface area (TPSA) is 35.5 Å². The molecule has 0 aliphatic carbocycles. The molecule has 0 saturated carbocycles. The lowest BCUT2D eigenvalue weighted by Crippen LogP contribution is -1.89. The van der Waals surface area contributed by atoms with E-state index in [0.29, 0.717) is 11.5 Å². The van der Waals surface area contributed by atoms with Crippen LogP contribution in [0, 0.1) is 0 Å². The molecule has 0 heterocycles. The van der Waals surface area contributed by atoms with E-state index >= 15 is 0 Å². The summed E-state index contributed by atoms with van der Waals surface area (Å²) in [6, 6.07) is 16.2. The van der Waals surface area contributed by atoms with Gasteiger partial charge in [0, 0.05) is 6.07 Å². The Bertz CT molecular complexity index is 466. The van der Waals surface area contributed by atoms with Crippen molar-refractivity contribution in [3.05, 3.63) is 54.6 Å². The smallest absolute Gasteiger partial charge is 0.423 e. The van der Waals surface area contributed by atoms with Crippen molar-refractivity contribution in [3.63, 3.8) is 0 Å². The van der Waals surface area contributed by atoms with Gasteiger partial charge in [-0.05, 0) is 24.3 Å². The summed E-state index contributed by atoms with van der Waals surface area (Å²) in [4.78, 5) is 10.1. The molecule has 2 aromatic rings. The molecule has 0 saturated heterocycles. The van der Waals surface area contributed by atoms with E-state index in [2.05, 4.69) is 4.74 Å². The third-order valence-electron chi connectivity index (χ3n) is 1.94. The normalized spacial score (nSPS) is 9.50. The molecule has 3 nitrogen and oxygen atoms in total. The van der Waals surface area contributed by atoms with Gasteiger partial charge < -0.3 is 9.47 Å². The van der Waals surface area contributed by atoms with E-state index in [4.69, 9.17) is 4.74 Å². The molecule has 16 heavy (non-hydrogen) atoms. The van der Waals surface area contributed by atoms with Gasteiger partial charge in [0.05, 0.1) is 0 Å². The summed E-state index contributed by atoms with van der Waals surface area (Å²) in [7, 11) is 0. The number of carbonyl (C=O) groups excluding carboxylic acids is 1. The van der Waals surface area contributed by atoms with Crippen molar-refractivity contribution in [2.75, 3.05) is 0 Å². The Morgan fingerprint density at radius 2 is 1.50 bits per heavy atom. The van der Waals surface area contributed by atoms with Crippen LogP contribution in [0.3, 0.4) is 0 Å². The van der Waals surface area contributed by atoms with Gasteiger partial charge in [0.15, 0.2) is 0 Å². The van der Waals surface area contributed by atoms with Crippen molar-refractivity contribution < 1.29 is 14.3 Å². The zero-order valence-corrected chi connectivity index (χ0v) is 8.42. The predicted octanol–water partition coefficient (Wildman–Crippen LogP) is 2.92. The highest BCUT2D eigenvalue weighted by Gasteiger charge is 1.99. The summed E-state index contributed by atoms with van der Waals surface area (Å²) >= 11 is 0. The molecule has 0 N–H and O–H groups in total. The quantitative estimate of drug-likeness (QED) is 0.783. The van der Waals surface area contributed by atoms with Crippen molar-refractivity contribution in [2.45, 2.75) is 0 Å². The van der Waals surface area contributed by atoms with Crippen LogP contribution in [0.4, 0.5) is 0 Å². The second kappa shape index (κ2) is 4.98. The highest BCUT2D eigenvalue weighted by molar-refractivity contribution is 5.47. The SMILES string of the molecule is O=[C]Oc1cccc(Oc2ccccc2)c1. The Kier molecular flexibility index (Phi) is 3.18. The van der Waals surface area contributed by atoms with Gasteiger partial charge in [0.1, 0.15) is 17.2 Å². The highest BCUT2D eigenvalue weighted by Crippen LogP contribution is 2.24. The Hall–Kier alpha value is -2.29. The van der Waals surface area contributed by atoms with Crippen LogP contribution in [-0.4, -0.2) is 6.47 Å². The van der Waals surface area contributed by atoms with Crippen LogP contribution < -0.4 is 9.47 Å². The van der Waals surface area contributed by atoms with Crippen molar-refractivity contribution in [1.29, 1.82) is 0 Å². The third kappa shape index (κ3) is 2.60. The van der Waals surface area contributed by atoms with Crippen molar-refractivity contribution >= 4 is 6.47 Å². The minimum absolute atomic E-state index is 0.406. The number of rotatable bonds is 4. The van der Waals surface area contributed by atoms with Crippen LogP contribution in [0.2, 0.25) is 0 Å². The van der Waals surface area contributed by atoms with Gasteiger partial charge in [-0.15, -0.1) is 0 Å². The average molecular weight is 213 g/mol. The number of hydrogen-bond donors (Lipinski definition) is 0. The van der Waals surface area contributed by atoms with Crippen LogP contribution in [0.25, 0.3) is 0 Å². The van der Waals surface area contributed by atoms with E-state index in [0.717, 1.165) is 5.75 Å². The second-order valence-electron chi connectivity index (χ2n) is 3.08. The first-order valence-corrected chi connectivity index (χ1v) is 4.75. The zero-order chi connectivity index (χ0) is 11.2. The summed E-state index contributed by atoms with van der Waals surface area (Å²) in [5, 5.41) is 0. The van der Waals surface area contributed by atoms with Gasteiger partial charge in [-0.2, -0.15) is 0 Å². The molecule has 0 atom stereocenters. The molecular weight excluding hydrogens is 204 g/mol. The Morgan fingerprint density at radius 1 is 0.812 bits per heavy atom. The molecule has 79 valence electrons. The lowest BCUT2D eigenvalue weighted by atomic mass is 10.3. The average Bonchev–Trinajstić information content (AvgIpc) is 2.31. The van der Waals surface area contributed by atoms with E-state index in [1.54, 1.807) is 24.3 Å². The van der Waals surface area contributed by atoms with Crippen molar-refractivity contribution in [1.82, 2.24) is 0 Å². The Balaban J connectivity index is 2.15. The number of ether oxygens (including phenoxy) is 2. The van der Waals surface area contributed by atoms with Crippen LogP contribution >= 0.6 is 0 Å². The van der Waals surface area contributed by atoms with Gasteiger partial charge in [0.25, 0.3) is 0 Å². The van der Waals surface area contributed by atoms with Crippen LogP contribution in [0.15, 0.2) is 54.6 Å². The maximum absolute atomic E-state index is 10.1. The van der Waals surface area contributed by atoms with Crippen LogP contribution in [0.1, 0.15) is 0 Å². The molecule has 0 aliphatic rings. The first-order chi connectivity index (χ1) is 7.88. The summed E-state index contributed by atoms with van der Waals surface area (Å²) < 4.78 is 10.2. The molecule has 0 spiro atoms. The summed E-state index contributed by atoms with van der Waals surface area (Å²) in [6.45, 7) is 1.37. The molecule has 1 radical (unpaired) electrons. The van der Waals surface area contributed by atoms with E-state index in [9.17, 15) is 4.79 Å². The molecule has 0 unspecified atom stereocenters. The van der Waals surface area contributed by atoms with E-state index in [1.165, 1.54) is 6.47 Å². The van der Waals surface area contributed by atoms with Crippen molar-refractivity contribution in [3.8, 4) is 17.2 Å². The number of hydrogen-bond acceptors (Lipinski definition) is 3. The fourth-order valence-electron chi connectivity index (χ4n) is 1.27. The maximum Gasteiger partial charge on any atom is 0.423 e. The Morgan fingerprint density at radius 3 is 2.25 bits per heavy atom. The molecule has 2 aromatic carbocycles. The lowest BCUT2D eigenvalue weighted by Gasteiger charge is -2.05. The molecule has 3 heteroatoms. The van der Waals surface area contributed by atoms with Gasteiger partial charge in [-0.25, -0.2) is 4.79 Å². The standard InChI is InChI=1S/C13H9O3/c14-10-15-12-7-4-8-13(9-12)16-11-5-2-1-3-6-11/h1-9H. The fraction of sp³-hybridized carbons (Fsp3) is 0. The van der Waals surface area contributed by atoms with Crippen LogP contribution in [-0.2, 0) is 4.79 Å². The highest BCUT2D eigenvalue weighted by atomic mass is 16.5. The van der Waals surface area contributed by atoms with Gasteiger partial charge >= 0.3 is 6.47 Å². The van der Waals surface area contributed by atoms with Gasteiger partial charge in [0.2, 0.25) is 0 Å². The molecular formula is C13H9O3. The monoisotopic (exact) mass is 213 g/mol. The summed E-state index contributed by atoms with van der Waals surface area (Å²) in [5.41, 5.74) is 0. The summed E-state index contributed by atoms with van der Waals surface area (Å²) in [5.74, 6) is 1.75. The van der Waals surface area contributed by atoms with E-state index in [1.807, 2.05) is 30.3 Å². The molecule has 0 aliphatic heterocycles. The molecule has 0 amide bonds. The largest absolute Gasteiger partial charge is 0.457 e. The number of para-hydroxylation sites is 1. The van der Waals surface area contributed by atoms with E-state index < -0.39 is 0 Å². The van der Waals surface area contributed by atoms with Crippen molar-refractivity contribution in [2.24, 2.45) is 0 Å².